The molecule has 1 N–H and O–H groups in total. The fourth-order valence-corrected chi connectivity index (χ4v) is 9.60. The van der Waals surface area contributed by atoms with Gasteiger partial charge in [0.2, 0.25) is 0 Å². The van der Waals surface area contributed by atoms with Gasteiger partial charge in [-0.2, -0.15) is 0 Å². The summed E-state index contributed by atoms with van der Waals surface area (Å²) in [4.78, 5) is 10.5. The topological polar surface area (TPSA) is 25.0 Å². The zero-order valence-electron chi connectivity index (χ0n) is 30.3. The first-order valence-corrected chi connectivity index (χ1v) is 19.0. The highest BCUT2D eigenvalue weighted by molar-refractivity contribution is 5.21. The van der Waals surface area contributed by atoms with Gasteiger partial charge in [0.15, 0.2) is 0 Å². The van der Waals surface area contributed by atoms with Crippen LogP contribution in [0.2, 0.25) is 0 Å². The monoisotopic (exact) mass is 630 g/mol. The average Bonchev–Trinajstić information content (AvgIpc) is 3.09. The summed E-state index contributed by atoms with van der Waals surface area (Å²) < 4.78 is 0. The summed E-state index contributed by atoms with van der Waals surface area (Å²) in [5.41, 5.74) is 2.66. The molecule has 0 radical (unpaired) electrons. The molecule has 1 saturated carbocycles. The molecule has 2 aromatic carbocycles. The molecule has 0 aromatic heterocycles. The summed E-state index contributed by atoms with van der Waals surface area (Å²) in [7, 11) is 8.80. The fourth-order valence-electron chi connectivity index (χ4n) is 9.60. The number of hydrogen-bond donors (Lipinski definition) is 1. The smallest absolute Gasteiger partial charge is 0.0297 e. The summed E-state index contributed by atoms with van der Waals surface area (Å²) in [6.45, 7) is 10.1. The third-order valence-corrected chi connectivity index (χ3v) is 12.1. The minimum absolute atomic E-state index is 0.367. The lowest BCUT2D eigenvalue weighted by atomic mass is 9.71. The maximum atomic E-state index is 3.61. The van der Waals surface area contributed by atoms with Gasteiger partial charge in [-0.1, -0.05) is 86.3 Å². The van der Waals surface area contributed by atoms with Crippen molar-refractivity contribution in [2.75, 3.05) is 54.4 Å². The number of piperidine rings is 4. The van der Waals surface area contributed by atoms with E-state index in [2.05, 4.69) is 128 Å². The number of benzene rings is 2. The third-order valence-electron chi connectivity index (χ3n) is 12.1. The summed E-state index contributed by atoms with van der Waals surface area (Å²) >= 11 is 0. The van der Waals surface area contributed by atoms with E-state index in [4.69, 9.17) is 0 Å². The van der Waals surface area contributed by atoms with Crippen molar-refractivity contribution in [3.63, 3.8) is 0 Å². The number of nitrogens with zero attached hydrogens (tertiary/aromatic N) is 4. The Labute approximate surface area is 283 Å². The van der Waals surface area contributed by atoms with Crippen molar-refractivity contribution in [2.45, 2.75) is 121 Å². The van der Waals surface area contributed by atoms with E-state index in [-0.39, 0.29) is 0 Å². The van der Waals surface area contributed by atoms with E-state index in [1.165, 1.54) is 102 Å². The van der Waals surface area contributed by atoms with Crippen LogP contribution in [0.3, 0.4) is 0 Å². The second-order valence-corrected chi connectivity index (χ2v) is 15.6. The lowest BCUT2D eigenvalue weighted by Gasteiger charge is -2.57. The van der Waals surface area contributed by atoms with Gasteiger partial charge in [-0.05, 0) is 123 Å². The van der Waals surface area contributed by atoms with E-state index in [9.17, 15) is 0 Å². The van der Waals surface area contributed by atoms with Crippen LogP contribution >= 0.6 is 0 Å². The molecule has 46 heavy (non-hydrogen) atoms. The summed E-state index contributed by atoms with van der Waals surface area (Å²) in [5.74, 6) is 2.03. The van der Waals surface area contributed by atoms with Crippen molar-refractivity contribution in [3.8, 4) is 0 Å². The van der Waals surface area contributed by atoms with Crippen LogP contribution in [0.15, 0.2) is 60.7 Å². The van der Waals surface area contributed by atoms with Crippen molar-refractivity contribution < 1.29 is 0 Å². The van der Waals surface area contributed by atoms with E-state index in [0.29, 0.717) is 12.1 Å². The SMILES string of the molecule is C1CCN2C[C@@H]3C[C@@H](CN4CCCC[C@@H]34)[C@H]2C1.CN(C)[C@@H]1CCCC[C@H]1N(C)C.C[C@@H](N[C@H](C)c1ccccc1)c1ccccc1. The highest BCUT2D eigenvalue weighted by Gasteiger charge is 2.46. The van der Waals surface area contributed by atoms with E-state index in [1.807, 2.05) is 0 Å². The molecule has 2 aromatic rings. The maximum Gasteiger partial charge on any atom is 0.0297 e. The Bertz CT molecular complexity index is 1030. The molecule has 5 nitrogen and oxygen atoms in total. The first-order valence-electron chi connectivity index (χ1n) is 19.0. The lowest BCUT2D eigenvalue weighted by Crippen LogP contribution is -2.63. The molecule has 7 rings (SSSR count). The number of nitrogens with one attached hydrogen (secondary N) is 1. The zero-order valence-corrected chi connectivity index (χ0v) is 30.3. The fraction of sp³-hybridized carbons (Fsp3) is 0.707. The minimum atomic E-state index is 0.367. The molecule has 5 aliphatic rings. The molecule has 4 saturated heterocycles. The average molecular weight is 630 g/mol. The molecule has 4 heterocycles. The number of fused-ring (bicyclic) bond motifs is 6. The van der Waals surface area contributed by atoms with Gasteiger partial charge in [0, 0.05) is 49.3 Å². The molecule has 2 bridgehead atoms. The molecule has 5 heteroatoms. The minimum Gasteiger partial charge on any atom is -0.305 e. The van der Waals surface area contributed by atoms with Crippen LogP contribution in [-0.2, 0) is 0 Å². The van der Waals surface area contributed by atoms with Crippen LogP contribution < -0.4 is 5.32 Å². The first-order chi connectivity index (χ1) is 22.3. The zero-order chi connectivity index (χ0) is 32.5. The molecular weight excluding hydrogens is 562 g/mol. The van der Waals surface area contributed by atoms with Gasteiger partial charge in [0.05, 0.1) is 0 Å². The van der Waals surface area contributed by atoms with Crippen LogP contribution in [-0.4, -0.2) is 98.1 Å². The largest absolute Gasteiger partial charge is 0.305 e. The maximum absolute atomic E-state index is 3.61. The molecule has 0 spiro atoms. The van der Waals surface area contributed by atoms with Gasteiger partial charge in [-0.3, -0.25) is 9.80 Å². The predicted octanol–water partition coefficient (Wildman–Crippen LogP) is 7.86. The Hall–Kier alpha value is -1.76. The van der Waals surface area contributed by atoms with Crippen LogP contribution in [0.1, 0.15) is 108 Å². The Balaban J connectivity index is 0.000000139. The molecule has 1 aliphatic carbocycles. The van der Waals surface area contributed by atoms with Crippen molar-refractivity contribution in [2.24, 2.45) is 11.8 Å². The van der Waals surface area contributed by atoms with E-state index < -0.39 is 0 Å². The number of likely N-dealkylation sites (N-methyl/N-ethyl adjacent to an activating group) is 2. The second kappa shape index (κ2) is 17.6. The normalized spacial score (nSPS) is 31.0. The molecule has 5 fully saturated rings. The first kappa shape index (κ1) is 35.5. The number of hydrogen-bond acceptors (Lipinski definition) is 5. The molecule has 4 aliphatic heterocycles. The van der Waals surface area contributed by atoms with Crippen molar-refractivity contribution >= 4 is 0 Å². The van der Waals surface area contributed by atoms with Gasteiger partial charge in [0.1, 0.15) is 0 Å². The summed E-state index contributed by atoms with van der Waals surface area (Å²) in [6.07, 6.45) is 16.0. The highest BCUT2D eigenvalue weighted by atomic mass is 15.3. The number of rotatable bonds is 6. The Kier molecular flexibility index (Phi) is 13.6. The van der Waals surface area contributed by atoms with Crippen LogP contribution in [0, 0.1) is 11.8 Å². The van der Waals surface area contributed by atoms with Gasteiger partial charge >= 0.3 is 0 Å². The predicted molar refractivity (Wildman–Crippen MR) is 196 cm³/mol. The van der Waals surface area contributed by atoms with E-state index in [1.54, 1.807) is 6.42 Å². The quantitative estimate of drug-likeness (QED) is 0.351. The van der Waals surface area contributed by atoms with E-state index >= 15 is 0 Å². The van der Waals surface area contributed by atoms with Crippen molar-refractivity contribution in [3.05, 3.63) is 71.8 Å². The van der Waals surface area contributed by atoms with E-state index in [0.717, 1.165) is 36.0 Å². The Morgan fingerprint density at radius 1 is 0.565 bits per heavy atom. The second-order valence-electron chi connectivity index (χ2n) is 15.6. The highest BCUT2D eigenvalue weighted by Crippen LogP contribution is 2.42. The van der Waals surface area contributed by atoms with Crippen LogP contribution in [0.4, 0.5) is 0 Å². The van der Waals surface area contributed by atoms with Crippen molar-refractivity contribution in [1.29, 1.82) is 0 Å². The summed E-state index contributed by atoms with van der Waals surface area (Å²) in [6, 6.07) is 25.3. The Morgan fingerprint density at radius 3 is 1.35 bits per heavy atom. The molecule has 256 valence electrons. The summed E-state index contributed by atoms with van der Waals surface area (Å²) in [5, 5.41) is 3.61. The van der Waals surface area contributed by atoms with Gasteiger partial charge in [-0.15, -0.1) is 0 Å². The molecule has 0 unspecified atom stereocenters. The van der Waals surface area contributed by atoms with Gasteiger partial charge in [0.25, 0.3) is 0 Å². The molecule has 0 amide bonds. The van der Waals surface area contributed by atoms with Crippen LogP contribution in [0.25, 0.3) is 0 Å². The van der Waals surface area contributed by atoms with Gasteiger partial charge in [-0.25, -0.2) is 0 Å². The van der Waals surface area contributed by atoms with Crippen molar-refractivity contribution in [1.82, 2.24) is 24.9 Å². The lowest BCUT2D eigenvalue weighted by molar-refractivity contribution is -0.0718. The molecular formula is C41H67N5. The molecule has 8 atom stereocenters. The standard InChI is InChI=1S/C16H19N.C15H26N2.C10H22N2/c1-13(15-9-5-3-6-10-15)17-14(2)16-11-7-4-8-12-16;1-3-7-16-11-13-9-12(14(16)5-1)10-17-8-4-2-6-15(13)17;1-11(2)9-7-5-6-8-10(9)12(3)4/h3-14,17H,1-2H3;12-15H,1-11H2;9-10H,5-8H2,1-4H3/t13-,14-;12-,13-,14-,15+;9-,10-/m101/s1. The Morgan fingerprint density at radius 2 is 0.957 bits per heavy atom. The van der Waals surface area contributed by atoms with Crippen LogP contribution in [0.5, 0.6) is 0 Å². The van der Waals surface area contributed by atoms with Gasteiger partial charge < -0.3 is 15.1 Å². The third kappa shape index (κ3) is 9.44.